The van der Waals surface area contributed by atoms with Crippen molar-refractivity contribution in [2.45, 2.75) is 36.8 Å². The Morgan fingerprint density at radius 2 is 1.94 bits per heavy atom. The molecule has 1 aromatic carbocycles. The van der Waals surface area contributed by atoms with Crippen LogP contribution in [0.3, 0.4) is 0 Å². The highest BCUT2D eigenvalue weighted by Gasteiger charge is 2.19. The van der Waals surface area contributed by atoms with E-state index in [1.54, 1.807) is 11.8 Å². The van der Waals surface area contributed by atoms with Crippen molar-refractivity contribution in [2.75, 3.05) is 0 Å². The summed E-state index contributed by atoms with van der Waals surface area (Å²) in [4.78, 5) is 1.00. The molecule has 16 heavy (non-hydrogen) atoms. The summed E-state index contributed by atoms with van der Waals surface area (Å²) in [5.74, 6) is 0.436. The van der Waals surface area contributed by atoms with Gasteiger partial charge in [-0.2, -0.15) is 5.26 Å². The number of hydrogen-bond acceptors (Lipinski definition) is 2. The fraction of sp³-hybridized carbons (Fsp3) is 0.462. The lowest BCUT2D eigenvalue weighted by atomic mass is 10.0. The first-order valence-corrected chi connectivity index (χ1v) is 6.79. The zero-order chi connectivity index (χ0) is 12.0. The van der Waals surface area contributed by atoms with Gasteiger partial charge >= 0.3 is 0 Å². The summed E-state index contributed by atoms with van der Waals surface area (Å²) in [5, 5.41) is 9.93. The minimum Gasteiger partial charge on any atom is -0.197 e. The van der Waals surface area contributed by atoms with E-state index in [0.717, 1.165) is 22.8 Å². The topological polar surface area (TPSA) is 23.8 Å². The molecule has 3 heteroatoms. The maximum atomic E-state index is 9.20. The number of nitrogens with zero attached hydrogens (tertiary/aromatic N) is 1. The molecule has 0 N–H and O–H groups in total. The minimum absolute atomic E-state index is 0.00472. The van der Waals surface area contributed by atoms with Crippen molar-refractivity contribution in [3.63, 3.8) is 0 Å². The summed E-state index contributed by atoms with van der Waals surface area (Å²) in [6.07, 6.45) is 2.07. The maximum absolute atomic E-state index is 9.20. The minimum atomic E-state index is -0.00472. The summed E-state index contributed by atoms with van der Waals surface area (Å²) in [6.45, 7) is 4.26. The van der Waals surface area contributed by atoms with E-state index in [-0.39, 0.29) is 5.25 Å². The molecule has 0 amide bonds. The molecule has 0 saturated carbocycles. The molecular formula is C13H16ClNS. The number of nitriles is 1. The molecule has 0 aromatic heterocycles. The second-order valence-corrected chi connectivity index (χ2v) is 5.27. The van der Waals surface area contributed by atoms with E-state index in [0.29, 0.717) is 5.92 Å². The average Bonchev–Trinajstić information content (AvgIpc) is 2.31. The van der Waals surface area contributed by atoms with Crippen LogP contribution < -0.4 is 0 Å². The molecule has 0 bridgehead atoms. The highest BCUT2D eigenvalue weighted by molar-refractivity contribution is 8.00. The standard InChI is InChI=1S/C13H16ClNS/c1-3-10(4-2)13(9-15)16-12-8-6-5-7-11(12)14/h5-8,10,13H,3-4H2,1-2H3. The van der Waals surface area contributed by atoms with E-state index in [1.165, 1.54) is 0 Å². The zero-order valence-corrected chi connectivity index (χ0v) is 11.2. The van der Waals surface area contributed by atoms with Gasteiger partial charge in [0.25, 0.3) is 0 Å². The van der Waals surface area contributed by atoms with Gasteiger partial charge in [-0.15, -0.1) is 11.8 Å². The Morgan fingerprint density at radius 1 is 1.31 bits per heavy atom. The van der Waals surface area contributed by atoms with E-state index < -0.39 is 0 Å². The van der Waals surface area contributed by atoms with Gasteiger partial charge in [0, 0.05) is 4.90 Å². The fourth-order valence-corrected chi connectivity index (χ4v) is 3.13. The van der Waals surface area contributed by atoms with Crippen LogP contribution in [0, 0.1) is 17.2 Å². The second-order valence-electron chi connectivity index (χ2n) is 3.67. The Bertz CT molecular complexity index is 368. The molecule has 0 heterocycles. The van der Waals surface area contributed by atoms with Gasteiger partial charge in [0.2, 0.25) is 0 Å². The SMILES string of the molecule is CCC(CC)C(C#N)Sc1ccccc1Cl. The van der Waals surface area contributed by atoms with Crippen LogP contribution in [0.1, 0.15) is 26.7 Å². The molecule has 1 aromatic rings. The molecule has 0 aliphatic carbocycles. The predicted molar refractivity (Wildman–Crippen MR) is 70.8 cm³/mol. The van der Waals surface area contributed by atoms with Crippen molar-refractivity contribution in [2.24, 2.45) is 5.92 Å². The number of halogens is 1. The van der Waals surface area contributed by atoms with Crippen molar-refractivity contribution in [3.05, 3.63) is 29.3 Å². The lowest BCUT2D eigenvalue weighted by molar-refractivity contribution is 0.514. The molecule has 1 rings (SSSR count). The number of rotatable bonds is 5. The number of thioether (sulfide) groups is 1. The summed E-state index contributed by atoms with van der Waals surface area (Å²) in [6, 6.07) is 10.1. The van der Waals surface area contributed by atoms with E-state index in [4.69, 9.17) is 11.6 Å². The largest absolute Gasteiger partial charge is 0.197 e. The summed E-state index contributed by atoms with van der Waals surface area (Å²) in [5.41, 5.74) is 0. The Kier molecular flexibility index (Phi) is 5.73. The molecule has 1 unspecified atom stereocenters. The van der Waals surface area contributed by atoms with Gasteiger partial charge < -0.3 is 0 Å². The van der Waals surface area contributed by atoms with Crippen LogP contribution in [0.4, 0.5) is 0 Å². The fourth-order valence-electron chi connectivity index (χ4n) is 1.62. The number of hydrogen-bond donors (Lipinski definition) is 0. The highest BCUT2D eigenvalue weighted by Crippen LogP contribution is 2.34. The number of benzene rings is 1. The van der Waals surface area contributed by atoms with Gasteiger partial charge in [-0.1, -0.05) is 50.4 Å². The first-order valence-electron chi connectivity index (χ1n) is 5.53. The van der Waals surface area contributed by atoms with Crippen molar-refractivity contribution in [3.8, 4) is 6.07 Å². The van der Waals surface area contributed by atoms with Crippen LogP contribution in [-0.4, -0.2) is 5.25 Å². The van der Waals surface area contributed by atoms with Crippen molar-refractivity contribution in [1.82, 2.24) is 0 Å². The lowest BCUT2D eigenvalue weighted by Crippen LogP contribution is -2.13. The Morgan fingerprint density at radius 3 is 2.44 bits per heavy atom. The van der Waals surface area contributed by atoms with Gasteiger partial charge in [-0.25, -0.2) is 0 Å². The van der Waals surface area contributed by atoms with Gasteiger partial charge in [0.05, 0.1) is 16.3 Å². The normalized spacial score (nSPS) is 12.4. The van der Waals surface area contributed by atoms with Gasteiger partial charge in [0.1, 0.15) is 0 Å². The quantitative estimate of drug-likeness (QED) is 0.707. The first kappa shape index (κ1) is 13.4. The molecule has 86 valence electrons. The summed E-state index contributed by atoms with van der Waals surface area (Å²) < 4.78 is 0. The molecule has 1 atom stereocenters. The Balaban J connectivity index is 2.79. The lowest BCUT2D eigenvalue weighted by Gasteiger charge is -2.18. The molecule has 0 aliphatic heterocycles. The summed E-state index contributed by atoms with van der Waals surface area (Å²) in [7, 11) is 0. The van der Waals surface area contributed by atoms with E-state index in [9.17, 15) is 5.26 Å². The third-order valence-corrected chi connectivity index (χ3v) is 4.49. The van der Waals surface area contributed by atoms with Crippen LogP contribution in [0.5, 0.6) is 0 Å². The van der Waals surface area contributed by atoms with Crippen LogP contribution in [-0.2, 0) is 0 Å². The van der Waals surface area contributed by atoms with Crippen LogP contribution in [0.25, 0.3) is 0 Å². The third-order valence-electron chi connectivity index (χ3n) is 2.69. The predicted octanol–water partition coefficient (Wildman–Crippen LogP) is 4.76. The van der Waals surface area contributed by atoms with E-state index in [2.05, 4.69) is 19.9 Å². The maximum Gasteiger partial charge on any atom is 0.0991 e. The molecule has 0 spiro atoms. The molecule has 0 saturated heterocycles. The van der Waals surface area contributed by atoms with Gasteiger partial charge in [-0.05, 0) is 18.1 Å². The molecule has 0 radical (unpaired) electrons. The van der Waals surface area contributed by atoms with Gasteiger partial charge in [-0.3, -0.25) is 0 Å². The summed E-state index contributed by atoms with van der Waals surface area (Å²) >= 11 is 7.67. The van der Waals surface area contributed by atoms with Crippen LogP contribution in [0.2, 0.25) is 5.02 Å². The molecule has 0 fully saturated rings. The van der Waals surface area contributed by atoms with Crippen LogP contribution in [0.15, 0.2) is 29.2 Å². The van der Waals surface area contributed by atoms with Crippen molar-refractivity contribution < 1.29 is 0 Å². The van der Waals surface area contributed by atoms with Gasteiger partial charge in [0.15, 0.2) is 0 Å². The Hall–Kier alpha value is -0.650. The average molecular weight is 254 g/mol. The van der Waals surface area contributed by atoms with Crippen LogP contribution >= 0.6 is 23.4 Å². The van der Waals surface area contributed by atoms with Crippen molar-refractivity contribution in [1.29, 1.82) is 5.26 Å². The highest BCUT2D eigenvalue weighted by atomic mass is 35.5. The van der Waals surface area contributed by atoms with E-state index >= 15 is 0 Å². The third kappa shape index (κ3) is 3.43. The zero-order valence-electron chi connectivity index (χ0n) is 9.61. The van der Waals surface area contributed by atoms with E-state index in [1.807, 2.05) is 24.3 Å². The monoisotopic (exact) mass is 253 g/mol. The van der Waals surface area contributed by atoms with Crippen molar-refractivity contribution >= 4 is 23.4 Å². The smallest absolute Gasteiger partial charge is 0.0991 e. The first-order chi connectivity index (χ1) is 7.72. The second kappa shape index (κ2) is 6.83. The Labute approximate surface area is 107 Å². The molecular weight excluding hydrogens is 238 g/mol. The molecule has 1 nitrogen and oxygen atoms in total. The molecule has 0 aliphatic rings.